The van der Waals surface area contributed by atoms with Crippen molar-refractivity contribution in [2.24, 2.45) is 0 Å². The minimum atomic E-state index is -0.452. The van der Waals surface area contributed by atoms with Crippen LogP contribution in [0.4, 0.5) is 10.1 Å². The Morgan fingerprint density at radius 3 is 2.76 bits per heavy atom. The van der Waals surface area contributed by atoms with E-state index in [1.807, 2.05) is 0 Å². The van der Waals surface area contributed by atoms with Crippen molar-refractivity contribution >= 4 is 33.3 Å². The lowest BCUT2D eigenvalue weighted by Crippen LogP contribution is -2.19. The Morgan fingerprint density at radius 1 is 1.14 bits per heavy atom. The third kappa shape index (κ3) is 2.74. The van der Waals surface area contributed by atoms with Gasteiger partial charge in [0.25, 0.3) is 0 Å². The van der Waals surface area contributed by atoms with E-state index in [0.717, 1.165) is 11.3 Å². The molecule has 0 aliphatic carbocycles. The normalized spacial score (nSPS) is 13.5. The second-order valence-corrected chi connectivity index (χ2v) is 5.73. The van der Waals surface area contributed by atoms with E-state index in [2.05, 4.69) is 21.2 Å². The number of carbonyl (C=O) groups is 2. The van der Waals surface area contributed by atoms with Crippen LogP contribution in [-0.2, 0) is 11.2 Å². The number of ketones is 1. The fourth-order valence-corrected chi connectivity index (χ4v) is 2.78. The SMILES string of the molecule is O=C1CCc2cc(C(=O)c3cc(F)ccc3Br)ccc2N1. The van der Waals surface area contributed by atoms with Gasteiger partial charge in [0.2, 0.25) is 5.91 Å². The molecule has 3 nitrogen and oxygen atoms in total. The van der Waals surface area contributed by atoms with Crippen molar-refractivity contribution in [1.29, 1.82) is 0 Å². The number of aryl methyl sites for hydroxylation is 1. The molecular weight excluding hydrogens is 337 g/mol. The summed E-state index contributed by atoms with van der Waals surface area (Å²) in [7, 11) is 0. The Morgan fingerprint density at radius 2 is 1.95 bits per heavy atom. The average molecular weight is 348 g/mol. The molecule has 1 amide bonds. The van der Waals surface area contributed by atoms with Crippen LogP contribution in [-0.4, -0.2) is 11.7 Å². The van der Waals surface area contributed by atoms with Gasteiger partial charge in [-0.1, -0.05) is 15.9 Å². The van der Waals surface area contributed by atoms with Gasteiger partial charge in [0.15, 0.2) is 5.78 Å². The van der Waals surface area contributed by atoms with Crippen molar-refractivity contribution in [3.8, 4) is 0 Å². The summed E-state index contributed by atoms with van der Waals surface area (Å²) in [6.07, 6.45) is 1.01. The maximum atomic E-state index is 13.3. The summed E-state index contributed by atoms with van der Waals surface area (Å²) in [5.41, 5.74) is 2.43. The predicted molar refractivity (Wildman–Crippen MR) is 80.9 cm³/mol. The first kappa shape index (κ1) is 13.9. The molecule has 0 spiro atoms. The third-order valence-electron chi connectivity index (χ3n) is 3.44. The standard InChI is InChI=1S/C16H11BrFNO2/c17-13-4-3-11(18)8-12(13)16(21)10-1-5-14-9(7-10)2-6-15(20)19-14/h1,3-5,7-8H,2,6H2,(H,19,20). The van der Waals surface area contributed by atoms with Crippen LogP contribution in [0.3, 0.4) is 0 Å². The van der Waals surface area contributed by atoms with Crippen molar-refractivity contribution in [3.63, 3.8) is 0 Å². The van der Waals surface area contributed by atoms with Gasteiger partial charge in [-0.25, -0.2) is 4.39 Å². The van der Waals surface area contributed by atoms with Crippen molar-refractivity contribution in [3.05, 3.63) is 63.4 Å². The molecule has 2 aromatic rings. The van der Waals surface area contributed by atoms with E-state index in [1.165, 1.54) is 18.2 Å². The zero-order valence-corrected chi connectivity index (χ0v) is 12.5. The number of carbonyl (C=O) groups excluding carboxylic acids is 2. The molecule has 2 aromatic carbocycles. The average Bonchev–Trinajstić information content (AvgIpc) is 2.48. The largest absolute Gasteiger partial charge is 0.326 e. The number of anilines is 1. The molecule has 106 valence electrons. The summed E-state index contributed by atoms with van der Waals surface area (Å²) in [6, 6.07) is 9.14. The molecule has 0 radical (unpaired) electrons. The first-order valence-corrected chi connectivity index (χ1v) is 7.26. The monoisotopic (exact) mass is 347 g/mol. The van der Waals surface area contributed by atoms with E-state index >= 15 is 0 Å². The van der Waals surface area contributed by atoms with Crippen LogP contribution in [0.25, 0.3) is 0 Å². The maximum absolute atomic E-state index is 13.3. The number of amides is 1. The fraction of sp³-hybridized carbons (Fsp3) is 0.125. The van der Waals surface area contributed by atoms with Gasteiger partial charge < -0.3 is 5.32 Å². The van der Waals surface area contributed by atoms with Gasteiger partial charge in [-0.3, -0.25) is 9.59 Å². The number of rotatable bonds is 2. The van der Waals surface area contributed by atoms with Crippen LogP contribution in [0.15, 0.2) is 40.9 Å². The third-order valence-corrected chi connectivity index (χ3v) is 4.13. The molecule has 1 N–H and O–H groups in total. The molecule has 21 heavy (non-hydrogen) atoms. The number of hydrogen-bond acceptors (Lipinski definition) is 2. The van der Waals surface area contributed by atoms with Crippen LogP contribution in [0.5, 0.6) is 0 Å². The fourth-order valence-electron chi connectivity index (χ4n) is 2.35. The van der Waals surface area contributed by atoms with Gasteiger partial charge in [0.05, 0.1) is 0 Å². The minimum absolute atomic E-state index is 0.0190. The Balaban J connectivity index is 1.99. The highest BCUT2D eigenvalue weighted by molar-refractivity contribution is 9.10. The van der Waals surface area contributed by atoms with Crippen molar-refractivity contribution in [1.82, 2.24) is 0 Å². The van der Waals surface area contributed by atoms with Gasteiger partial charge in [-0.05, 0) is 48.4 Å². The highest BCUT2D eigenvalue weighted by Gasteiger charge is 2.18. The molecule has 1 aliphatic heterocycles. The van der Waals surface area contributed by atoms with Crippen molar-refractivity contribution < 1.29 is 14.0 Å². The number of hydrogen-bond donors (Lipinski definition) is 1. The summed E-state index contributed by atoms with van der Waals surface area (Å²) in [4.78, 5) is 23.8. The molecule has 3 rings (SSSR count). The van der Waals surface area contributed by atoms with Gasteiger partial charge >= 0.3 is 0 Å². The highest BCUT2D eigenvalue weighted by Crippen LogP contribution is 2.26. The molecule has 0 unspecified atom stereocenters. The summed E-state index contributed by atoms with van der Waals surface area (Å²) in [5, 5.41) is 2.77. The lowest BCUT2D eigenvalue weighted by Gasteiger charge is -2.17. The van der Waals surface area contributed by atoms with E-state index in [1.54, 1.807) is 18.2 Å². The number of nitrogens with one attached hydrogen (secondary N) is 1. The summed E-state index contributed by atoms with van der Waals surface area (Å²) >= 11 is 3.27. The number of halogens is 2. The van der Waals surface area contributed by atoms with Crippen molar-refractivity contribution in [2.45, 2.75) is 12.8 Å². The maximum Gasteiger partial charge on any atom is 0.224 e. The molecular formula is C16H11BrFNO2. The first-order valence-electron chi connectivity index (χ1n) is 6.47. The van der Waals surface area contributed by atoms with Crippen LogP contribution in [0, 0.1) is 5.82 Å². The molecule has 0 aromatic heterocycles. The Hall–Kier alpha value is -2.01. The Labute approximate surface area is 129 Å². The Bertz CT molecular complexity index is 758. The quantitative estimate of drug-likeness (QED) is 0.842. The number of fused-ring (bicyclic) bond motifs is 1. The second kappa shape index (κ2) is 5.41. The van der Waals surface area contributed by atoms with Crippen LogP contribution < -0.4 is 5.32 Å². The van der Waals surface area contributed by atoms with E-state index in [9.17, 15) is 14.0 Å². The zero-order valence-electron chi connectivity index (χ0n) is 11.0. The summed E-state index contributed by atoms with van der Waals surface area (Å²) < 4.78 is 13.9. The van der Waals surface area contributed by atoms with E-state index in [4.69, 9.17) is 0 Å². The van der Waals surface area contributed by atoms with Gasteiger partial charge in [-0.15, -0.1) is 0 Å². The first-order chi connectivity index (χ1) is 10.0. The van der Waals surface area contributed by atoms with Gasteiger partial charge in [-0.2, -0.15) is 0 Å². The summed E-state index contributed by atoms with van der Waals surface area (Å²) in [5.74, 6) is -0.720. The number of benzene rings is 2. The molecule has 0 fully saturated rings. The molecule has 1 heterocycles. The molecule has 0 saturated heterocycles. The van der Waals surface area contributed by atoms with E-state index < -0.39 is 5.82 Å². The zero-order chi connectivity index (χ0) is 15.0. The predicted octanol–water partition coefficient (Wildman–Crippen LogP) is 3.70. The van der Waals surface area contributed by atoms with Crippen LogP contribution >= 0.6 is 15.9 Å². The van der Waals surface area contributed by atoms with E-state index in [0.29, 0.717) is 22.9 Å². The van der Waals surface area contributed by atoms with Gasteiger partial charge in [0.1, 0.15) is 5.82 Å². The highest BCUT2D eigenvalue weighted by atomic mass is 79.9. The minimum Gasteiger partial charge on any atom is -0.326 e. The van der Waals surface area contributed by atoms with Crippen LogP contribution in [0.1, 0.15) is 27.9 Å². The van der Waals surface area contributed by atoms with Crippen molar-refractivity contribution in [2.75, 3.05) is 5.32 Å². The van der Waals surface area contributed by atoms with E-state index in [-0.39, 0.29) is 17.3 Å². The van der Waals surface area contributed by atoms with Crippen LogP contribution in [0.2, 0.25) is 0 Å². The molecule has 0 saturated carbocycles. The topological polar surface area (TPSA) is 46.2 Å². The lowest BCUT2D eigenvalue weighted by molar-refractivity contribution is -0.116. The smallest absolute Gasteiger partial charge is 0.224 e. The second-order valence-electron chi connectivity index (χ2n) is 4.87. The lowest BCUT2D eigenvalue weighted by atomic mass is 9.96. The molecule has 1 aliphatic rings. The van der Waals surface area contributed by atoms with Gasteiger partial charge in [0, 0.05) is 27.7 Å². The molecule has 0 atom stereocenters. The molecule has 5 heteroatoms. The Kier molecular flexibility index (Phi) is 3.59. The molecule has 0 bridgehead atoms. The summed E-state index contributed by atoms with van der Waals surface area (Å²) in [6.45, 7) is 0.